The van der Waals surface area contributed by atoms with Crippen molar-refractivity contribution < 1.29 is 34.2 Å². The molecule has 2 rings (SSSR count). The third-order valence-corrected chi connectivity index (χ3v) is 5.18. The fourth-order valence-corrected chi connectivity index (χ4v) is 3.26. The molecule has 0 bridgehead atoms. The van der Waals surface area contributed by atoms with Gasteiger partial charge in [0.15, 0.2) is 0 Å². The second-order valence-corrected chi connectivity index (χ2v) is 8.46. The van der Waals surface area contributed by atoms with Crippen molar-refractivity contribution in [2.45, 2.75) is 57.3 Å². The third-order valence-electron chi connectivity index (χ3n) is 5.18. The first-order chi connectivity index (χ1) is 17.0. The van der Waals surface area contributed by atoms with Crippen LogP contribution in [0.3, 0.4) is 0 Å². The van der Waals surface area contributed by atoms with Crippen molar-refractivity contribution in [3.05, 3.63) is 36.4 Å². The Morgan fingerprint density at radius 2 is 1.42 bits per heavy atom. The molecule has 0 radical (unpaired) electrons. The summed E-state index contributed by atoms with van der Waals surface area (Å²) in [6, 6.07) is -5.06. The summed E-state index contributed by atoms with van der Waals surface area (Å²) in [5.74, 6) is -5.60. The van der Waals surface area contributed by atoms with Gasteiger partial charge in [0.1, 0.15) is 18.1 Å². The third kappa shape index (κ3) is 8.50. The molecule has 4 atom stereocenters. The number of carboxylic acid groups (broad SMARTS) is 2. The molecule has 0 aliphatic heterocycles. The summed E-state index contributed by atoms with van der Waals surface area (Å²) in [5.41, 5.74) is 7.03. The molecule has 0 saturated carbocycles. The van der Waals surface area contributed by atoms with Gasteiger partial charge >= 0.3 is 11.9 Å². The van der Waals surface area contributed by atoms with E-state index >= 15 is 0 Å². The summed E-state index contributed by atoms with van der Waals surface area (Å²) in [4.78, 5) is 74.3. The molecule has 0 aliphatic rings. The van der Waals surface area contributed by atoms with E-state index in [1.165, 1.54) is 25.0 Å². The maximum atomic E-state index is 13.1. The van der Waals surface area contributed by atoms with Gasteiger partial charge in [-0.15, -0.1) is 0 Å². The van der Waals surface area contributed by atoms with E-state index in [2.05, 4.69) is 35.9 Å². The lowest BCUT2D eigenvalue weighted by atomic mass is 10.0. The number of hydrogen-bond acceptors (Lipinski definition) is 8. The average Bonchev–Trinajstić information content (AvgIpc) is 3.49. The van der Waals surface area contributed by atoms with Crippen LogP contribution in [0.1, 0.15) is 31.7 Å². The first-order valence-corrected chi connectivity index (χ1v) is 11.0. The predicted octanol–water partition coefficient (Wildman–Crippen LogP) is -2.08. The van der Waals surface area contributed by atoms with Crippen LogP contribution >= 0.6 is 0 Å². The zero-order chi connectivity index (χ0) is 26.8. The van der Waals surface area contributed by atoms with Gasteiger partial charge in [0.2, 0.25) is 17.7 Å². The molecule has 0 spiro atoms. The van der Waals surface area contributed by atoms with Crippen molar-refractivity contribution in [2.75, 3.05) is 0 Å². The maximum absolute atomic E-state index is 13.1. The molecule has 15 heteroatoms. The van der Waals surface area contributed by atoms with Gasteiger partial charge in [-0.2, -0.15) is 0 Å². The molecule has 4 unspecified atom stereocenters. The number of imidazole rings is 2. The molecule has 2 heterocycles. The van der Waals surface area contributed by atoms with Crippen LogP contribution in [0.5, 0.6) is 0 Å². The van der Waals surface area contributed by atoms with E-state index in [0.29, 0.717) is 11.4 Å². The number of aromatic nitrogens is 4. The second kappa shape index (κ2) is 13.0. The highest BCUT2D eigenvalue weighted by Crippen LogP contribution is 2.07. The maximum Gasteiger partial charge on any atom is 0.326 e. The van der Waals surface area contributed by atoms with Crippen LogP contribution in [0.15, 0.2) is 25.0 Å². The summed E-state index contributed by atoms with van der Waals surface area (Å²) < 4.78 is 0. The molecular formula is C21H30N8O7. The van der Waals surface area contributed by atoms with Crippen molar-refractivity contribution in [3.8, 4) is 0 Å². The first kappa shape index (κ1) is 28.0. The fourth-order valence-electron chi connectivity index (χ4n) is 3.26. The van der Waals surface area contributed by atoms with E-state index in [1.807, 2.05) is 0 Å². The summed E-state index contributed by atoms with van der Waals surface area (Å²) in [6.07, 6.45) is 4.93. The molecule has 3 amide bonds. The standard InChI is InChI=1S/C21H30N8O7/c1-10(2)17(29-18(32)13(22)3-11-6-23-8-25-11)20(34)27-14(4-12-7-24-9-26-12)19(33)28-15(21(35)36)5-16(30)31/h6-10,13-15,17H,3-5,22H2,1-2H3,(H,23,25)(H,24,26)(H,27,34)(H,28,33)(H,29,32)(H,30,31)(H,35,36). The number of nitrogens with two attached hydrogens (primary N) is 1. The summed E-state index contributed by atoms with van der Waals surface area (Å²) in [5, 5.41) is 25.4. The van der Waals surface area contributed by atoms with Crippen molar-refractivity contribution >= 4 is 29.7 Å². The average molecular weight is 507 g/mol. The number of carboxylic acids is 2. The van der Waals surface area contributed by atoms with Crippen LogP contribution in [0.2, 0.25) is 0 Å². The van der Waals surface area contributed by atoms with Crippen molar-refractivity contribution in [1.82, 2.24) is 35.9 Å². The Hall–Kier alpha value is -4.27. The van der Waals surface area contributed by atoms with Crippen LogP contribution in [0.4, 0.5) is 0 Å². The number of aromatic amines is 2. The smallest absolute Gasteiger partial charge is 0.326 e. The number of nitrogens with one attached hydrogen (secondary N) is 5. The normalized spacial score (nSPS) is 14.3. The van der Waals surface area contributed by atoms with Gasteiger partial charge in [-0.25, -0.2) is 14.8 Å². The van der Waals surface area contributed by atoms with Crippen LogP contribution in [0, 0.1) is 5.92 Å². The lowest BCUT2D eigenvalue weighted by Crippen LogP contribution is -2.59. The predicted molar refractivity (Wildman–Crippen MR) is 123 cm³/mol. The molecule has 2 aromatic rings. The topological polar surface area (TPSA) is 245 Å². The Bertz CT molecular complexity index is 1040. The molecular weight excluding hydrogens is 476 g/mol. The number of H-pyrrole nitrogens is 2. The van der Waals surface area contributed by atoms with Crippen LogP contribution in [-0.4, -0.2) is 84.0 Å². The number of carbonyl (C=O) groups excluding carboxylic acids is 3. The number of amides is 3. The lowest BCUT2D eigenvalue weighted by Gasteiger charge is -2.26. The molecule has 36 heavy (non-hydrogen) atoms. The highest BCUT2D eigenvalue weighted by atomic mass is 16.4. The van der Waals surface area contributed by atoms with E-state index in [1.54, 1.807) is 13.8 Å². The van der Waals surface area contributed by atoms with E-state index in [4.69, 9.17) is 10.8 Å². The molecule has 0 aliphatic carbocycles. The van der Waals surface area contributed by atoms with Crippen molar-refractivity contribution in [2.24, 2.45) is 11.7 Å². The number of aliphatic carboxylic acids is 2. The molecule has 196 valence electrons. The van der Waals surface area contributed by atoms with Gasteiger partial charge in [0.05, 0.1) is 25.1 Å². The summed E-state index contributed by atoms with van der Waals surface area (Å²) >= 11 is 0. The Morgan fingerprint density at radius 3 is 1.89 bits per heavy atom. The Morgan fingerprint density at radius 1 is 0.861 bits per heavy atom. The summed E-state index contributed by atoms with van der Waals surface area (Å²) in [6.45, 7) is 3.37. The number of nitrogens with zero attached hydrogens (tertiary/aromatic N) is 2. The summed E-state index contributed by atoms with van der Waals surface area (Å²) in [7, 11) is 0. The minimum Gasteiger partial charge on any atom is -0.481 e. The Balaban J connectivity index is 2.14. The Kier molecular flexibility index (Phi) is 10.1. The van der Waals surface area contributed by atoms with Gasteiger partial charge in [-0.1, -0.05) is 13.8 Å². The van der Waals surface area contributed by atoms with Gasteiger partial charge in [0.25, 0.3) is 0 Å². The lowest BCUT2D eigenvalue weighted by molar-refractivity contribution is -0.147. The SMILES string of the molecule is CC(C)C(NC(=O)C(N)Cc1cnc[nH]1)C(=O)NC(Cc1cnc[nH]1)C(=O)NC(CC(=O)O)C(=O)O. The molecule has 0 saturated heterocycles. The molecule has 2 aromatic heterocycles. The van der Waals surface area contributed by atoms with Crippen LogP contribution < -0.4 is 21.7 Å². The molecule has 9 N–H and O–H groups in total. The minimum atomic E-state index is -1.71. The number of carbonyl (C=O) groups is 5. The van der Waals surface area contributed by atoms with Crippen LogP contribution in [-0.2, 0) is 36.8 Å². The monoisotopic (exact) mass is 506 g/mol. The van der Waals surface area contributed by atoms with Gasteiger partial charge < -0.3 is 41.9 Å². The number of hydrogen-bond donors (Lipinski definition) is 8. The van der Waals surface area contributed by atoms with Gasteiger partial charge in [0, 0.05) is 36.6 Å². The van der Waals surface area contributed by atoms with E-state index in [-0.39, 0.29) is 12.8 Å². The molecule has 0 aromatic carbocycles. The van der Waals surface area contributed by atoms with Crippen molar-refractivity contribution in [1.29, 1.82) is 0 Å². The van der Waals surface area contributed by atoms with Gasteiger partial charge in [-0.05, 0) is 5.92 Å². The highest BCUT2D eigenvalue weighted by Gasteiger charge is 2.32. The quantitative estimate of drug-likeness (QED) is 0.139. The zero-order valence-electron chi connectivity index (χ0n) is 19.7. The highest BCUT2D eigenvalue weighted by molar-refractivity contribution is 5.94. The van der Waals surface area contributed by atoms with Crippen LogP contribution in [0.25, 0.3) is 0 Å². The minimum absolute atomic E-state index is 0.102. The second-order valence-electron chi connectivity index (χ2n) is 8.46. The molecule has 15 nitrogen and oxygen atoms in total. The van der Waals surface area contributed by atoms with Gasteiger partial charge in [-0.3, -0.25) is 19.2 Å². The Labute approximate surface area is 205 Å². The number of rotatable bonds is 14. The molecule has 0 fully saturated rings. The van der Waals surface area contributed by atoms with Crippen molar-refractivity contribution in [3.63, 3.8) is 0 Å². The van der Waals surface area contributed by atoms with E-state index in [0.717, 1.165) is 0 Å². The first-order valence-electron chi connectivity index (χ1n) is 11.0. The van der Waals surface area contributed by atoms with E-state index < -0.39 is 66.2 Å². The fraction of sp³-hybridized carbons (Fsp3) is 0.476. The van der Waals surface area contributed by atoms with E-state index in [9.17, 15) is 29.1 Å². The largest absolute Gasteiger partial charge is 0.481 e. The zero-order valence-corrected chi connectivity index (χ0v) is 19.7.